The van der Waals surface area contributed by atoms with Gasteiger partial charge in [0.15, 0.2) is 0 Å². The van der Waals surface area contributed by atoms with E-state index in [1.807, 2.05) is 12.1 Å². The molecule has 11 heavy (non-hydrogen) atoms. The SMILES string of the molecule is CN=Cc1ccc(C=NC)[nH]1. The first-order valence-electron chi connectivity index (χ1n) is 3.40. The van der Waals surface area contributed by atoms with Gasteiger partial charge in [-0.25, -0.2) is 0 Å². The monoisotopic (exact) mass is 149 g/mol. The van der Waals surface area contributed by atoms with Gasteiger partial charge in [0, 0.05) is 26.5 Å². The third-order valence-corrected chi connectivity index (χ3v) is 1.27. The fourth-order valence-electron chi connectivity index (χ4n) is 0.858. The van der Waals surface area contributed by atoms with Gasteiger partial charge in [0.05, 0.1) is 11.4 Å². The van der Waals surface area contributed by atoms with E-state index in [2.05, 4.69) is 15.0 Å². The van der Waals surface area contributed by atoms with E-state index in [4.69, 9.17) is 0 Å². The second-order valence-corrected chi connectivity index (χ2v) is 2.14. The lowest BCUT2D eigenvalue weighted by Gasteiger charge is -1.83. The summed E-state index contributed by atoms with van der Waals surface area (Å²) < 4.78 is 0. The van der Waals surface area contributed by atoms with E-state index in [1.54, 1.807) is 26.5 Å². The van der Waals surface area contributed by atoms with Crippen molar-refractivity contribution in [3.8, 4) is 0 Å². The third kappa shape index (κ3) is 2.04. The minimum atomic E-state index is 1.00. The Balaban J connectivity index is 2.81. The van der Waals surface area contributed by atoms with E-state index < -0.39 is 0 Å². The quantitative estimate of drug-likeness (QED) is 0.612. The van der Waals surface area contributed by atoms with Crippen molar-refractivity contribution in [2.75, 3.05) is 14.1 Å². The maximum Gasteiger partial charge on any atom is 0.0566 e. The zero-order valence-corrected chi connectivity index (χ0v) is 6.70. The van der Waals surface area contributed by atoms with Crippen LogP contribution < -0.4 is 0 Å². The predicted octanol–water partition coefficient (Wildman–Crippen LogP) is 1.11. The lowest BCUT2D eigenvalue weighted by atomic mass is 10.4. The van der Waals surface area contributed by atoms with Crippen molar-refractivity contribution in [3.63, 3.8) is 0 Å². The van der Waals surface area contributed by atoms with Crippen LogP contribution in [-0.4, -0.2) is 31.5 Å². The van der Waals surface area contributed by atoms with Crippen LogP contribution >= 0.6 is 0 Å². The van der Waals surface area contributed by atoms with Crippen LogP contribution in [0.5, 0.6) is 0 Å². The molecule has 0 unspecified atom stereocenters. The Morgan fingerprint density at radius 3 is 1.91 bits per heavy atom. The summed E-state index contributed by atoms with van der Waals surface area (Å²) in [6, 6.07) is 3.92. The number of H-pyrrole nitrogens is 1. The van der Waals surface area contributed by atoms with Crippen LogP contribution in [0.4, 0.5) is 0 Å². The molecule has 0 radical (unpaired) electrons. The molecule has 0 aliphatic heterocycles. The Morgan fingerprint density at radius 1 is 1.09 bits per heavy atom. The maximum atomic E-state index is 3.88. The van der Waals surface area contributed by atoms with Crippen molar-refractivity contribution in [2.24, 2.45) is 9.98 Å². The maximum absolute atomic E-state index is 3.88. The van der Waals surface area contributed by atoms with Crippen LogP contribution in [0.3, 0.4) is 0 Å². The van der Waals surface area contributed by atoms with Gasteiger partial charge < -0.3 is 4.98 Å². The lowest BCUT2D eigenvalue weighted by Crippen LogP contribution is -1.83. The zero-order valence-electron chi connectivity index (χ0n) is 6.70. The highest BCUT2D eigenvalue weighted by molar-refractivity contribution is 5.82. The summed E-state index contributed by atoms with van der Waals surface area (Å²) in [6.45, 7) is 0. The highest BCUT2D eigenvalue weighted by Gasteiger charge is 1.90. The first-order valence-corrected chi connectivity index (χ1v) is 3.40. The van der Waals surface area contributed by atoms with E-state index in [0.717, 1.165) is 11.4 Å². The molecule has 0 bridgehead atoms. The summed E-state index contributed by atoms with van der Waals surface area (Å²) in [5, 5.41) is 0. The van der Waals surface area contributed by atoms with Gasteiger partial charge in [-0.2, -0.15) is 0 Å². The minimum Gasteiger partial charge on any atom is -0.353 e. The van der Waals surface area contributed by atoms with Gasteiger partial charge in [-0.1, -0.05) is 0 Å². The van der Waals surface area contributed by atoms with Crippen molar-refractivity contribution >= 4 is 12.4 Å². The Bertz CT molecular complexity index is 244. The molecule has 0 aliphatic rings. The second-order valence-electron chi connectivity index (χ2n) is 2.14. The predicted molar refractivity (Wildman–Crippen MR) is 47.8 cm³/mol. The Hall–Kier alpha value is -1.38. The number of hydrogen-bond donors (Lipinski definition) is 1. The molecular weight excluding hydrogens is 138 g/mol. The summed E-state index contributed by atoms with van der Waals surface area (Å²) in [4.78, 5) is 10.9. The Kier molecular flexibility index (Phi) is 2.60. The number of hydrogen-bond acceptors (Lipinski definition) is 2. The largest absolute Gasteiger partial charge is 0.353 e. The molecule has 1 aromatic heterocycles. The molecule has 0 fully saturated rings. The van der Waals surface area contributed by atoms with Crippen LogP contribution in [0, 0.1) is 0 Å². The van der Waals surface area contributed by atoms with E-state index in [9.17, 15) is 0 Å². The van der Waals surface area contributed by atoms with Crippen molar-refractivity contribution in [1.29, 1.82) is 0 Å². The molecule has 1 rings (SSSR count). The van der Waals surface area contributed by atoms with E-state index >= 15 is 0 Å². The molecule has 0 aromatic carbocycles. The third-order valence-electron chi connectivity index (χ3n) is 1.27. The highest BCUT2D eigenvalue weighted by Crippen LogP contribution is 1.95. The number of nitrogens with zero attached hydrogens (tertiary/aromatic N) is 2. The van der Waals surface area contributed by atoms with Gasteiger partial charge >= 0.3 is 0 Å². The molecule has 0 aliphatic carbocycles. The standard InChI is InChI=1S/C8H11N3/c1-9-5-7-3-4-8(11-7)6-10-2/h3-6,11H,1-2H3. The van der Waals surface area contributed by atoms with Gasteiger partial charge in [-0.3, -0.25) is 9.98 Å². The molecule has 0 amide bonds. The van der Waals surface area contributed by atoms with Gasteiger partial charge in [-0.15, -0.1) is 0 Å². The van der Waals surface area contributed by atoms with Crippen molar-refractivity contribution in [3.05, 3.63) is 23.5 Å². The van der Waals surface area contributed by atoms with Crippen LogP contribution in [0.25, 0.3) is 0 Å². The van der Waals surface area contributed by atoms with Crippen molar-refractivity contribution in [2.45, 2.75) is 0 Å². The first kappa shape index (κ1) is 7.72. The fourth-order valence-corrected chi connectivity index (χ4v) is 0.858. The molecule has 3 nitrogen and oxygen atoms in total. The summed E-state index contributed by atoms with van der Waals surface area (Å²) in [5.74, 6) is 0. The second kappa shape index (κ2) is 3.71. The average molecular weight is 149 g/mol. The van der Waals surface area contributed by atoms with Crippen molar-refractivity contribution < 1.29 is 0 Å². The van der Waals surface area contributed by atoms with Crippen LogP contribution in [0.2, 0.25) is 0 Å². The summed E-state index contributed by atoms with van der Waals surface area (Å²) in [6.07, 6.45) is 3.54. The van der Waals surface area contributed by atoms with Crippen LogP contribution in [0.15, 0.2) is 22.1 Å². The smallest absolute Gasteiger partial charge is 0.0566 e. The van der Waals surface area contributed by atoms with E-state index in [1.165, 1.54) is 0 Å². The average Bonchev–Trinajstić information content (AvgIpc) is 2.38. The molecule has 3 heteroatoms. The van der Waals surface area contributed by atoms with E-state index in [-0.39, 0.29) is 0 Å². The number of aromatic amines is 1. The van der Waals surface area contributed by atoms with E-state index in [0.29, 0.717) is 0 Å². The molecular formula is C8H11N3. The number of nitrogens with one attached hydrogen (secondary N) is 1. The summed E-state index contributed by atoms with van der Waals surface area (Å²) in [7, 11) is 3.49. The Labute approximate surface area is 65.9 Å². The van der Waals surface area contributed by atoms with Gasteiger partial charge in [0.1, 0.15) is 0 Å². The molecule has 1 heterocycles. The van der Waals surface area contributed by atoms with Crippen molar-refractivity contribution in [1.82, 2.24) is 4.98 Å². The normalized spacial score (nSPS) is 11.8. The number of aliphatic imine (C=N–C) groups is 2. The molecule has 0 spiro atoms. The molecule has 0 atom stereocenters. The topological polar surface area (TPSA) is 40.5 Å². The van der Waals surface area contributed by atoms with Crippen LogP contribution in [-0.2, 0) is 0 Å². The number of aromatic nitrogens is 1. The molecule has 58 valence electrons. The molecule has 1 aromatic rings. The fraction of sp³-hybridized carbons (Fsp3) is 0.250. The van der Waals surface area contributed by atoms with Gasteiger partial charge in [0.25, 0.3) is 0 Å². The first-order chi connectivity index (χ1) is 5.36. The zero-order chi connectivity index (χ0) is 8.10. The molecule has 0 saturated heterocycles. The Morgan fingerprint density at radius 2 is 1.55 bits per heavy atom. The lowest BCUT2D eigenvalue weighted by molar-refractivity contribution is 1.33. The molecule has 1 N–H and O–H groups in total. The van der Waals surface area contributed by atoms with Gasteiger partial charge in [-0.05, 0) is 12.1 Å². The van der Waals surface area contributed by atoms with Gasteiger partial charge in [0.2, 0.25) is 0 Å². The van der Waals surface area contributed by atoms with Crippen LogP contribution in [0.1, 0.15) is 11.4 Å². The molecule has 0 saturated carbocycles. The summed E-state index contributed by atoms with van der Waals surface area (Å²) >= 11 is 0. The highest BCUT2D eigenvalue weighted by atomic mass is 14.8. The minimum absolute atomic E-state index is 1.00. The summed E-state index contributed by atoms with van der Waals surface area (Å²) in [5.41, 5.74) is 2.00. The number of rotatable bonds is 2.